The lowest BCUT2D eigenvalue weighted by Gasteiger charge is -2.30. The van der Waals surface area contributed by atoms with Crippen molar-refractivity contribution in [2.45, 2.75) is 19.8 Å². The summed E-state index contributed by atoms with van der Waals surface area (Å²) in [6, 6.07) is 0. The molecule has 1 unspecified atom stereocenters. The molecule has 0 spiro atoms. The normalized spacial score (nSPS) is 24.2. The first-order valence-corrected chi connectivity index (χ1v) is 4.50. The van der Waals surface area contributed by atoms with Gasteiger partial charge in [-0.1, -0.05) is 6.92 Å². The predicted octanol–water partition coefficient (Wildman–Crippen LogP) is 0.891. The molecule has 0 radical (unpaired) electrons. The Morgan fingerprint density at radius 2 is 2.42 bits per heavy atom. The van der Waals surface area contributed by atoms with Crippen molar-refractivity contribution >= 4 is 5.91 Å². The highest BCUT2D eigenvalue weighted by atomic mass is 16.5. The van der Waals surface area contributed by atoms with Crippen LogP contribution in [0, 0.1) is 5.92 Å². The predicted molar refractivity (Wildman–Crippen MR) is 46.9 cm³/mol. The SMILES string of the molecule is COCC(=O)N1CCCC(C)C1. The summed E-state index contributed by atoms with van der Waals surface area (Å²) in [6.45, 7) is 4.23. The smallest absolute Gasteiger partial charge is 0.248 e. The van der Waals surface area contributed by atoms with Crippen LogP contribution in [0.4, 0.5) is 0 Å². The van der Waals surface area contributed by atoms with E-state index in [0.717, 1.165) is 19.5 Å². The van der Waals surface area contributed by atoms with E-state index in [-0.39, 0.29) is 12.5 Å². The summed E-state index contributed by atoms with van der Waals surface area (Å²) in [5.74, 6) is 0.781. The second-order valence-corrected chi connectivity index (χ2v) is 3.52. The van der Waals surface area contributed by atoms with Gasteiger partial charge in [-0.3, -0.25) is 4.79 Å². The molecule has 0 aliphatic carbocycles. The second kappa shape index (κ2) is 4.45. The van der Waals surface area contributed by atoms with Gasteiger partial charge in [-0.15, -0.1) is 0 Å². The maximum atomic E-state index is 11.3. The summed E-state index contributed by atoms with van der Waals surface area (Å²) < 4.78 is 4.80. The average molecular weight is 171 g/mol. The number of hydrogen-bond acceptors (Lipinski definition) is 2. The molecular weight excluding hydrogens is 154 g/mol. The van der Waals surface area contributed by atoms with E-state index in [4.69, 9.17) is 4.74 Å². The number of methoxy groups -OCH3 is 1. The molecule has 12 heavy (non-hydrogen) atoms. The molecule has 70 valence electrons. The Labute approximate surface area is 73.7 Å². The maximum Gasteiger partial charge on any atom is 0.248 e. The van der Waals surface area contributed by atoms with Crippen LogP contribution in [0.3, 0.4) is 0 Å². The van der Waals surface area contributed by atoms with Crippen LogP contribution in [-0.4, -0.2) is 37.6 Å². The fourth-order valence-electron chi connectivity index (χ4n) is 1.63. The zero-order valence-electron chi connectivity index (χ0n) is 7.88. The molecule has 1 aliphatic heterocycles. The van der Waals surface area contributed by atoms with Crippen molar-refractivity contribution in [1.82, 2.24) is 4.90 Å². The topological polar surface area (TPSA) is 29.5 Å². The number of amides is 1. The average Bonchev–Trinajstić information content (AvgIpc) is 2.05. The molecule has 0 bridgehead atoms. The third kappa shape index (κ3) is 2.48. The lowest BCUT2D eigenvalue weighted by atomic mass is 10.0. The first kappa shape index (κ1) is 9.52. The van der Waals surface area contributed by atoms with E-state index >= 15 is 0 Å². The third-order valence-electron chi connectivity index (χ3n) is 2.28. The van der Waals surface area contributed by atoms with Crippen molar-refractivity contribution in [3.05, 3.63) is 0 Å². The molecule has 1 atom stereocenters. The highest BCUT2D eigenvalue weighted by Gasteiger charge is 2.20. The molecule has 1 rings (SSSR count). The van der Waals surface area contributed by atoms with Crippen LogP contribution in [0.25, 0.3) is 0 Å². The van der Waals surface area contributed by atoms with Gasteiger partial charge < -0.3 is 9.64 Å². The molecule has 0 N–H and O–H groups in total. The van der Waals surface area contributed by atoms with Gasteiger partial charge in [0.05, 0.1) is 0 Å². The largest absolute Gasteiger partial charge is 0.375 e. The Hall–Kier alpha value is -0.570. The van der Waals surface area contributed by atoms with Crippen LogP contribution in [0.2, 0.25) is 0 Å². The lowest BCUT2D eigenvalue weighted by molar-refractivity contribution is -0.136. The minimum Gasteiger partial charge on any atom is -0.375 e. The summed E-state index contributed by atoms with van der Waals surface area (Å²) in [6.07, 6.45) is 2.38. The minimum absolute atomic E-state index is 0.129. The summed E-state index contributed by atoms with van der Waals surface area (Å²) >= 11 is 0. The van der Waals surface area contributed by atoms with Crippen LogP contribution in [-0.2, 0) is 9.53 Å². The molecule has 1 amide bonds. The number of ether oxygens (including phenoxy) is 1. The van der Waals surface area contributed by atoms with Crippen LogP contribution < -0.4 is 0 Å². The number of hydrogen-bond donors (Lipinski definition) is 0. The highest BCUT2D eigenvalue weighted by molar-refractivity contribution is 5.77. The van der Waals surface area contributed by atoms with E-state index in [1.165, 1.54) is 6.42 Å². The summed E-state index contributed by atoms with van der Waals surface area (Å²) in [7, 11) is 1.56. The molecular formula is C9H17NO2. The number of piperidine rings is 1. The van der Waals surface area contributed by atoms with Crippen molar-refractivity contribution in [2.75, 3.05) is 26.8 Å². The molecule has 1 aliphatic rings. The van der Waals surface area contributed by atoms with E-state index in [1.54, 1.807) is 7.11 Å². The van der Waals surface area contributed by atoms with E-state index in [0.29, 0.717) is 5.92 Å². The quantitative estimate of drug-likeness (QED) is 0.617. The van der Waals surface area contributed by atoms with Gasteiger partial charge in [0.1, 0.15) is 6.61 Å². The zero-order chi connectivity index (χ0) is 8.97. The molecule has 1 saturated heterocycles. The van der Waals surface area contributed by atoms with Crippen molar-refractivity contribution in [1.29, 1.82) is 0 Å². The van der Waals surface area contributed by atoms with Crippen LogP contribution in [0.5, 0.6) is 0 Å². The standard InChI is InChI=1S/C9H17NO2/c1-8-4-3-5-10(6-8)9(11)7-12-2/h8H,3-7H2,1-2H3. The summed E-state index contributed by atoms with van der Waals surface area (Å²) in [4.78, 5) is 13.2. The molecule has 1 heterocycles. The fourth-order valence-corrected chi connectivity index (χ4v) is 1.63. The first-order valence-electron chi connectivity index (χ1n) is 4.50. The van der Waals surface area contributed by atoms with Crippen molar-refractivity contribution in [3.8, 4) is 0 Å². The first-order chi connectivity index (χ1) is 5.74. The molecule has 1 fully saturated rings. The van der Waals surface area contributed by atoms with Gasteiger partial charge in [0.2, 0.25) is 5.91 Å². The molecule has 0 aromatic carbocycles. The Kier molecular flexibility index (Phi) is 3.53. The Morgan fingerprint density at radius 3 is 3.00 bits per heavy atom. The summed E-state index contributed by atoms with van der Waals surface area (Å²) in [5.41, 5.74) is 0. The van der Waals surface area contributed by atoms with Crippen molar-refractivity contribution in [3.63, 3.8) is 0 Å². The molecule has 0 aromatic heterocycles. The Bertz CT molecular complexity index is 159. The monoisotopic (exact) mass is 171 g/mol. The molecule has 3 nitrogen and oxygen atoms in total. The van der Waals surface area contributed by atoms with Gasteiger partial charge in [0, 0.05) is 20.2 Å². The fraction of sp³-hybridized carbons (Fsp3) is 0.889. The van der Waals surface area contributed by atoms with Gasteiger partial charge >= 0.3 is 0 Å². The van der Waals surface area contributed by atoms with Gasteiger partial charge in [-0.05, 0) is 18.8 Å². The Balaban J connectivity index is 2.35. The third-order valence-corrected chi connectivity index (χ3v) is 2.28. The summed E-state index contributed by atoms with van der Waals surface area (Å²) in [5, 5.41) is 0. The molecule has 0 aromatic rings. The van der Waals surface area contributed by atoms with Gasteiger partial charge in [-0.25, -0.2) is 0 Å². The van der Waals surface area contributed by atoms with Gasteiger partial charge in [-0.2, -0.15) is 0 Å². The molecule has 0 saturated carbocycles. The molecule has 3 heteroatoms. The number of carbonyl (C=O) groups is 1. The number of rotatable bonds is 2. The van der Waals surface area contributed by atoms with Gasteiger partial charge in [0.15, 0.2) is 0 Å². The highest BCUT2D eigenvalue weighted by Crippen LogP contribution is 2.15. The van der Waals surface area contributed by atoms with Crippen LogP contribution in [0.1, 0.15) is 19.8 Å². The van der Waals surface area contributed by atoms with Crippen molar-refractivity contribution in [2.24, 2.45) is 5.92 Å². The van der Waals surface area contributed by atoms with E-state index in [1.807, 2.05) is 4.90 Å². The number of likely N-dealkylation sites (tertiary alicyclic amines) is 1. The van der Waals surface area contributed by atoms with Crippen LogP contribution >= 0.6 is 0 Å². The number of nitrogens with zero attached hydrogens (tertiary/aromatic N) is 1. The van der Waals surface area contributed by atoms with Crippen LogP contribution in [0.15, 0.2) is 0 Å². The second-order valence-electron chi connectivity index (χ2n) is 3.52. The van der Waals surface area contributed by atoms with Gasteiger partial charge in [0.25, 0.3) is 0 Å². The zero-order valence-corrected chi connectivity index (χ0v) is 7.88. The van der Waals surface area contributed by atoms with E-state index in [9.17, 15) is 4.79 Å². The van der Waals surface area contributed by atoms with E-state index in [2.05, 4.69) is 6.92 Å². The number of carbonyl (C=O) groups excluding carboxylic acids is 1. The van der Waals surface area contributed by atoms with E-state index < -0.39 is 0 Å². The minimum atomic E-state index is 0.129. The van der Waals surface area contributed by atoms with Crippen molar-refractivity contribution < 1.29 is 9.53 Å². The maximum absolute atomic E-state index is 11.3. The Morgan fingerprint density at radius 1 is 1.67 bits per heavy atom. The lowest BCUT2D eigenvalue weighted by Crippen LogP contribution is -2.40.